The number of Topliss-reactive ketones (excluding diaryl/α,β-unsaturated/α-hetero) is 1. The minimum atomic E-state index is -0.366. The zero-order chi connectivity index (χ0) is 19.7. The van der Waals surface area contributed by atoms with Crippen molar-refractivity contribution >= 4 is 5.78 Å². The Morgan fingerprint density at radius 2 is 1.69 bits per heavy atom. The van der Waals surface area contributed by atoms with Crippen molar-refractivity contribution in [3.63, 3.8) is 0 Å². The number of phenols is 3. The van der Waals surface area contributed by atoms with Crippen molar-refractivity contribution < 1.29 is 20.1 Å². The van der Waals surface area contributed by atoms with Gasteiger partial charge in [-0.05, 0) is 46.5 Å². The molecule has 0 saturated carbocycles. The molecule has 0 fully saturated rings. The summed E-state index contributed by atoms with van der Waals surface area (Å²) in [5, 5.41) is 30.6. The zero-order valence-corrected chi connectivity index (χ0v) is 16.4. The highest BCUT2D eigenvalue weighted by atomic mass is 16.3. The van der Waals surface area contributed by atoms with Crippen LogP contribution >= 0.6 is 0 Å². The average Bonchev–Trinajstić information content (AvgIpc) is 2.54. The number of carbonyl (C=O) groups excluding carboxylic acids is 1. The van der Waals surface area contributed by atoms with Gasteiger partial charge in [0.05, 0.1) is 0 Å². The Bertz CT molecular complexity index is 680. The maximum atomic E-state index is 12.3. The van der Waals surface area contributed by atoms with Gasteiger partial charge < -0.3 is 15.3 Å². The van der Waals surface area contributed by atoms with Gasteiger partial charge in [-0.1, -0.05) is 43.1 Å². The molecule has 0 amide bonds. The molecule has 4 nitrogen and oxygen atoms in total. The molecule has 0 aromatic heterocycles. The molecule has 0 saturated heterocycles. The smallest absolute Gasteiger partial charge is 0.170 e. The molecule has 0 aliphatic heterocycles. The average molecular weight is 360 g/mol. The topological polar surface area (TPSA) is 77.8 Å². The molecule has 1 aromatic carbocycles. The monoisotopic (exact) mass is 360 g/mol. The van der Waals surface area contributed by atoms with Crippen LogP contribution in [0, 0.1) is 0 Å². The predicted molar refractivity (Wildman–Crippen MR) is 106 cm³/mol. The zero-order valence-electron chi connectivity index (χ0n) is 16.4. The van der Waals surface area contributed by atoms with Gasteiger partial charge in [0.1, 0.15) is 22.8 Å². The lowest BCUT2D eigenvalue weighted by atomic mass is 9.97. The molecule has 0 aliphatic carbocycles. The molecule has 1 aromatic rings. The number of unbranched alkanes of at least 4 members (excludes halogenated alkanes) is 2. The second-order valence-corrected chi connectivity index (χ2v) is 7.07. The van der Waals surface area contributed by atoms with Crippen LogP contribution in [-0.4, -0.2) is 21.1 Å². The second-order valence-electron chi connectivity index (χ2n) is 7.07. The van der Waals surface area contributed by atoms with Crippen LogP contribution in [-0.2, 0) is 6.42 Å². The first kappa shape index (κ1) is 21.8. The Hall–Kier alpha value is -2.23. The molecule has 0 spiro atoms. The van der Waals surface area contributed by atoms with E-state index in [0.717, 1.165) is 37.3 Å². The maximum absolute atomic E-state index is 12.3. The van der Waals surface area contributed by atoms with Gasteiger partial charge in [0.25, 0.3) is 0 Å². The highest BCUT2D eigenvalue weighted by molar-refractivity contribution is 6.01. The van der Waals surface area contributed by atoms with Crippen molar-refractivity contribution in [2.75, 3.05) is 0 Å². The summed E-state index contributed by atoms with van der Waals surface area (Å²) < 4.78 is 0. The summed E-state index contributed by atoms with van der Waals surface area (Å²) in [6.07, 6.45) is 9.16. The van der Waals surface area contributed by atoms with Crippen LogP contribution in [0.1, 0.15) is 82.1 Å². The Kier molecular flexibility index (Phi) is 8.97. The summed E-state index contributed by atoms with van der Waals surface area (Å²) in [5.41, 5.74) is 2.62. The molecule has 3 N–H and O–H groups in total. The molecule has 0 unspecified atom stereocenters. The standard InChI is InChI=1S/C22H32O4/c1-5-6-7-11-18(23)21-20(25)14-19(24)17(22(21)26)13-12-16(4)10-8-9-15(2)3/h9,12,14,24-26H,5-8,10-11,13H2,1-4H3/b16-12+. The fraction of sp³-hybridized carbons (Fsp3) is 0.500. The van der Waals surface area contributed by atoms with Crippen LogP contribution in [0.2, 0.25) is 0 Å². The van der Waals surface area contributed by atoms with E-state index in [1.807, 2.05) is 19.9 Å². The van der Waals surface area contributed by atoms with Gasteiger partial charge in [-0.15, -0.1) is 0 Å². The molecule has 0 radical (unpaired) electrons. The number of aromatic hydroxyl groups is 3. The summed E-state index contributed by atoms with van der Waals surface area (Å²) in [7, 11) is 0. The van der Waals surface area contributed by atoms with Gasteiger partial charge in [0, 0.05) is 18.1 Å². The third-order valence-corrected chi connectivity index (χ3v) is 4.39. The molecule has 4 heteroatoms. The van der Waals surface area contributed by atoms with Crippen LogP contribution in [0.5, 0.6) is 17.2 Å². The summed E-state index contributed by atoms with van der Waals surface area (Å²) >= 11 is 0. The number of hydrogen-bond acceptors (Lipinski definition) is 4. The highest BCUT2D eigenvalue weighted by Gasteiger charge is 2.21. The lowest BCUT2D eigenvalue weighted by Gasteiger charge is -2.12. The van der Waals surface area contributed by atoms with E-state index in [1.165, 1.54) is 5.57 Å². The van der Waals surface area contributed by atoms with Crippen LogP contribution in [0.25, 0.3) is 0 Å². The van der Waals surface area contributed by atoms with E-state index in [-0.39, 0.29) is 40.6 Å². The fourth-order valence-corrected chi connectivity index (χ4v) is 2.79. The van der Waals surface area contributed by atoms with E-state index in [4.69, 9.17) is 0 Å². The first-order valence-corrected chi connectivity index (χ1v) is 9.36. The predicted octanol–water partition coefficient (Wildman–Crippen LogP) is 5.80. The maximum Gasteiger partial charge on any atom is 0.170 e. The van der Waals surface area contributed by atoms with Gasteiger partial charge >= 0.3 is 0 Å². The van der Waals surface area contributed by atoms with Crippen molar-refractivity contribution in [3.8, 4) is 17.2 Å². The van der Waals surface area contributed by atoms with Crippen molar-refractivity contribution in [2.24, 2.45) is 0 Å². The van der Waals surface area contributed by atoms with Gasteiger partial charge in [-0.25, -0.2) is 0 Å². The number of phenolic OH excluding ortho intramolecular Hbond substituents is 3. The largest absolute Gasteiger partial charge is 0.507 e. The van der Waals surface area contributed by atoms with Crippen molar-refractivity contribution in [1.29, 1.82) is 0 Å². The summed E-state index contributed by atoms with van der Waals surface area (Å²) in [6.45, 7) is 8.17. The SMILES string of the molecule is CCCCCC(=O)c1c(O)cc(O)c(C/C=C(\C)CCC=C(C)C)c1O. The van der Waals surface area contributed by atoms with Crippen molar-refractivity contribution in [3.05, 3.63) is 40.5 Å². The normalized spacial score (nSPS) is 11.5. The lowest BCUT2D eigenvalue weighted by molar-refractivity contribution is 0.0973. The van der Waals surface area contributed by atoms with Crippen LogP contribution in [0.4, 0.5) is 0 Å². The van der Waals surface area contributed by atoms with Gasteiger partial charge in [0.15, 0.2) is 5.78 Å². The molecule has 0 aliphatic rings. The number of benzene rings is 1. The van der Waals surface area contributed by atoms with Gasteiger partial charge in [-0.3, -0.25) is 4.79 Å². The Labute approximate surface area is 156 Å². The number of hydrogen-bond donors (Lipinski definition) is 3. The van der Waals surface area contributed by atoms with E-state index in [0.29, 0.717) is 12.8 Å². The minimum absolute atomic E-state index is 0.0792. The van der Waals surface area contributed by atoms with E-state index >= 15 is 0 Å². The number of allylic oxidation sites excluding steroid dienone is 4. The van der Waals surface area contributed by atoms with Crippen molar-refractivity contribution in [1.82, 2.24) is 0 Å². The Morgan fingerprint density at radius 1 is 1.00 bits per heavy atom. The molecular weight excluding hydrogens is 328 g/mol. The van der Waals surface area contributed by atoms with Crippen LogP contribution < -0.4 is 0 Å². The van der Waals surface area contributed by atoms with Crippen molar-refractivity contribution in [2.45, 2.75) is 72.6 Å². The van der Waals surface area contributed by atoms with E-state index < -0.39 is 0 Å². The molecule has 144 valence electrons. The minimum Gasteiger partial charge on any atom is -0.507 e. The molecule has 1 rings (SSSR count). The lowest BCUT2D eigenvalue weighted by Crippen LogP contribution is -2.02. The molecular formula is C22H32O4. The molecule has 0 bridgehead atoms. The Balaban J connectivity index is 2.96. The summed E-state index contributed by atoms with van der Waals surface area (Å²) in [5.74, 6) is -1.16. The van der Waals surface area contributed by atoms with Gasteiger partial charge in [-0.2, -0.15) is 0 Å². The van der Waals surface area contributed by atoms with Crippen LogP contribution in [0.3, 0.4) is 0 Å². The third kappa shape index (κ3) is 6.58. The molecule has 26 heavy (non-hydrogen) atoms. The number of rotatable bonds is 10. The summed E-state index contributed by atoms with van der Waals surface area (Å²) in [4.78, 5) is 12.3. The van der Waals surface area contributed by atoms with E-state index in [9.17, 15) is 20.1 Å². The number of ketones is 1. The van der Waals surface area contributed by atoms with Gasteiger partial charge in [0.2, 0.25) is 0 Å². The first-order valence-electron chi connectivity index (χ1n) is 9.36. The molecule has 0 heterocycles. The highest BCUT2D eigenvalue weighted by Crippen LogP contribution is 2.39. The summed E-state index contributed by atoms with van der Waals surface area (Å²) in [6, 6.07) is 1.15. The Morgan fingerprint density at radius 3 is 2.31 bits per heavy atom. The first-order chi connectivity index (χ1) is 12.3. The van der Waals surface area contributed by atoms with Crippen LogP contribution in [0.15, 0.2) is 29.4 Å². The quantitative estimate of drug-likeness (QED) is 0.280. The second kappa shape index (κ2) is 10.7. The third-order valence-electron chi connectivity index (χ3n) is 4.39. The van der Waals surface area contributed by atoms with E-state index in [2.05, 4.69) is 19.9 Å². The fourth-order valence-electron chi connectivity index (χ4n) is 2.79. The number of carbonyl (C=O) groups is 1. The van der Waals surface area contributed by atoms with E-state index in [1.54, 1.807) is 0 Å². The molecule has 0 atom stereocenters.